The molecule has 0 amide bonds. The van der Waals surface area contributed by atoms with Crippen molar-refractivity contribution in [2.75, 3.05) is 0 Å². The van der Waals surface area contributed by atoms with Gasteiger partial charge in [-0.25, -0.2) is 0 Å². The fourth-order valence-corrected chi connectivity index (χ4v) is 1.30. The van der Waals surface area contributed by atoms with Gasteiger partial charge in [-0.1, -0.05) is 31.7 Å². The molecule has 0 atom stereocenters. The predicted molar refractivity (Wildman–Crippen MR) is 48.5 cm³/mol. The van der Waals surface area contributed by atoms with Crippen LogP contribution in [-0.4, -0.2) is 9.76 Å². The van der Waals surface area contributed by atoms with Crippen LogP contribution < -0.4 is 0 Å². The average Bonchev–Trinajstić information content (AvgIpc) is 1.87. The van der Waals surface area contributed by atoms with E-state index in [1.54, 1.807) is 0 Å². The van der Waals surface area contributed by atoms with Crippen LogP contribution in [0, 0.1) is 0 Å². The second kappa shape index (κ2) is 6.61. The van der Waals surface area contributed by atoms with E-state index in [1.165, 1.54) is 12.8 Å². The summed E-state index contributed by atoms with van der Waals surface area (Å²) in [7, 11) is -0.437. The maximum absolute atomic E-state index is 5.25. The molecule has 0 aromatic heterocycles. The highest BCUT2D eigenvalue weighted by Gasteiger charge is 1.80. The van der Waals surface area contributed by atoms with Crippen LogP contribution in [0.1, 0.15) is 26.7 Å². The first-order valence-corrected chi connectivity index (χ1v) is 5.10. The molecule has 0 fully saturated rings. The van der Waals surface area contributed by atoms with Gasteiger partial charge in [-0.3, -0.25) is 0 Å². The van der Waals surface area contributed by atoms with Gasteiger partial charge in [0, 0.05) is 0 Å². The molecule has 1 nitrogen and oxygen atoms in total. The Balaban J connectivity index is 3.10. The number of unbranched alkanes of at least 4 members (excludes halogenated alkanes) is 1. The standard InChI is InChI=1S/C8H16OSi/c1-4-5-6-7-10-9-8(2)3/h6-7H,2,4-5,10H2,1,3H3. The van der Waals surface area contributed by atoms with Crippen molar-refractivity contribution < 1.29 is 4.43 Å². The lowest BCUT2D eigenvalue weighted by molar-refractivity contribution is 0.465. The molecule has 0 saturated carbocycles. The summed E-state index contributed by atoms with van der Waals surface area (Å²) in [5.74, 6) is 0.841. The van der Waals surface area contributed by atoms with Crippen LogP contribution in [0.4, 0.5) is 0 Å². The Hall–Kier alpha value is -0.503. The van der Waals surface area contributed by atoms with Gasteiger partial charge in [-0.15, -0.1) is 0 Å². The number of hydrogen-bond donors (Lipinski definition) is 0. The van der Waals surface area contributed by atoms with E-state index < -0.39 is 9.76 Å². The minimum atomic E-state index is -0.437. The molecule has 0 radical (unpaired) electrons. The van der Waals surface area contributed by atoms with Crippen LogP contribution >= 0.6 is 0 Å². The summed E-state index contributed by atoms with van der Waals surface area (Å²) < 4.78 is 5.25. The highest BCUT2D eigenvalue weighted by Crippen LogP contribution is 1.90. The van der Waals surface area contributed by atoms with E-state index in [-0.39, 0.29) is 0 Å². The summed E-state index contributed by atoms with van der Waals surface area (Å²) in [6.45, 7) is 7.71. The molecule has 0 unspecified atom stereocenters. The molecule has 0 saturated heterocycles. The van der Waals surface area contributed by atoms with E-state index >= 15 is 0 Å². The van der Waals surface area contributed by atoms with Gasteiger partial charge in [0.1, 0.15) is 0 Å². The Labute approximate surface area is 65.7 Å². The molecular weight excluding hydrogens is 140 g/mol. The van der Waals surface area contributed by atoms with Crippen molar-refractivity contribution in [2.45, 2.75) is 26.7 Å². The highest BCUT2D eigenvalue weighted by molar-refractivity contribution is 6.34. The minimum absolute atomic E-state index is 0.437. The molecule has 2 heteroatoms. The van der Waals surface area contributed by atoms with E-state index in [9.17, 15) is 0 Å². The van der Waals surface area contributed by atoms with Gasteiger partial charge in [0.05, 0.1) is 5.76 Å². The molecule has 0 spiro atoms. The fraction of sp³-hybridized carbons (Fsp3) is 0.500. The van der Waals surface area contributed by atoms with E-state index in [2.05, 4.69) is 25.3 Å². The zero-order chi connectivity index (χ0) is 7.82. The molecule has 0 aliphatic heterocycles. The van der Waals surface area contributed by atoms with Crippen molar-refractivity contribution in [1.29, 1.82) is 0 Å². The van der Waals surface area contributed by atoms with Crippen molar-refractivity contribution in [3.63, 3.8) is 0 Å². The zero-order valence-electron chi connectivity index (χ0n) is 6.89. The first-order valence-electron chi connectivity index (χ1n) is 3.70. The van der Waals surface area contributed by atoms with Gasteiger partial charge in [-0.2, -0.15) is 0 Å². The Bertz CT molecular complexity index is 118. The Kier molecular flexibility index (Phi) is 6.28. The number of allylic oxidation sites excluding steroid dienone is 2. The molecule has 0 aliphatic carbocycles. The van der Waals surface area contributed by atoms with Crippen LogP contribution in [0.25, 0.3) is 0 Å². The van der Waals surface area contributed by atoms with Gasteiger partial charge in [0.15, 0.2) is 0 Å². The summed E-state index contributed by atoms with van der Waals surface area (Å²) in [5, 5.41) is 0. The molecule has 0 heterocycles. The molecule has 58 valence electrons. The van der Waals surface area contributed by atoms with Crippen LogP contribution in [-0.2, 0) is 4.43 Å². The molecule has 0 rings (SSSR count). The molecule has 0 aromatic carbocycles. The molecule has 10 heavy (non-hydrogen) atoms. The van der Waals surface area contributed by atoms with Crippen LogP contribution in [0.3, 0.4) is 0 Å². The normalized spacial score (nSPS) is 11.4. The smallest absolute Gasteiger partial charge is 0.243 e. The third-order valence-corrected chi connectivity index (χ3v) is 2.23. The third kappa shape index (κ3) is 7.50. The first kappa shape index (κ1) is 9.50. The topological polar surface area (TPSA) is 9.23 Å². The monoisotopic (exact) mass is 156 g/mol. The quantitative estimate of drug-likeness (QED) is 0.436. The maximum Gasteiger partial charge on any atom is 0.243 e. The van der Waals surface area contributed by atoms with Gasteiger partial charge >= 0.3 is 0 Å². The lowest BCUT2D eigenvalue weighted by Gasteiger charge is -1.98. The Morgan fingerprint density at radius 3 is 2.90 bits per heavy atom. The Morgan fingerprint density at radius 2 is 2.40 bits per heavy atom. The van der Waals surface area contributed by atoms with Crippen molar-refractivity contribution in [3.8, 4) is 0 Å². The van der Waals surface area contributed by atoms with Crippen molar-refractivity contribution >= 4 is 9.76 Å². The van der Waals surface area contributed by atoms with Gasteiger partial charge < -0.3 is 4.43 Å². The summed E-state index contributed by atoms with van der Waals surface area (Å²) in [6, 6.07) is 0. The van der Waals surface area contributed by atoms with Crippen molar-refractivity contribution in [3.05, 3.63) is 24.1 Å². The predicted octanol–water partition coefficient (Wildman–Crippen LogP) is 1.93. The van der Waals surface area contributed by atoms with Crippen LogP contribution in [0.2, 0.25) is 0 Å². The number of rotatable bonds is 5. The van der Waals surface area contributed by atoms with E-state index in [0.29, 0.717) is 0 Å². The summed E-state index contributed by atoms with van der Waals surface area (Å²) >= 11 is 0. The lowest BCUT2D eigenvalue weighted by atomic mass is 10.3. The second-order valence-electron chi connectivity index (χ2n) is 2.27. The SMILES string of the molecule is C=C(C)O[SiH2]C=CCCC. The first-order chi connectivity index (χ1) is 4.77. The van der Waals surface area contributed by atoms with E-state index in [4.69, 9.17) is 4.43 Å². The second-order valence-corrected chi connectivity index (χ2v) is 3.37. The molecule has 0 aromatic rings. The van der Waals surface area contributed by atoms with Gasteiger partial charge in [0.25, 0.3) is 0 Å². The van der Waals surface area contributed by atoms with Gasteiger partial charge in [-0.05, 0) is 13.3 Å². The van der Waals surface area contributed by atoms with E-state index in [0.717, 1.165) is 5.76 Å². The third-order valence-electron chi connectivity index (χ3n) is 1.05. The molecule has 0 N–H and O–H groups in total. The molecular formula is C8H16OSi. The summed E-state index contributed by atoms with van der Waals surface area (Å²) in [4.78, 5) is 0. The van der Waals surface area contributed by atoms with Gasteiger partial charge in [0.2, 0.25) is 9.76 Å². The lowest BCUT2D eigenvalue weighted by Crippen LogP contribution is -1.90. The molecule has 0 aliphatic rings. The van der Waals surface area contributed by atoms with Crippen molar-refractivity contribution in [2.24, 2.45) is 0 Å². The summed E-state index contributed by atoms with van der Waals surface area (Å²) in [6.07, 6.45) is 4.58. The maximum atomic E-state index is 5.25. The van der Waals surface area contributed by atoms with Crippen LogP contribution in [0.15, 0.2) is 24.1 Å². The van der Waals surface area contributed by atoms with Crippen molar-refractivity contribution in [1.82, 2.24) is 0 Å². The Morgan fingerprint density at radius 1 is 1.70 bits per heavy atom. The van der Waals surface area contributed by atoms with E-state index in [1.807, 2.05) is 6.92 Å². The average molecular weight is 156 g/mol. The largest absolute Gasteiger partial charge is 0.549 e. The highest BCUT2D eigenvalue weighted by atomic mass is 28.2. The van der Waals surface area contributed by atoms with Crippen LogP contribution in [0.5, 0.6) is 0 Å². The number of hydrogen-bond acceptors (Lipinski definition) is 1. The fourth-order valence-electron chi connectivity index (χ4n) is 0.543. The zero-order valence-corrected chi connectivity index (χ0v) is 8.31. The molecule has 0 bridgehead atoms. The minimum Gasteiger partial charge on any atom is -0.549 e. The summed E-state index contributed by atoms with van der Waals surface area (Å²) in [5.41, 5.74) is 2.16.